The number of benzene rings is 4. The van der Waals surface area contributed by atoms with Crippen molar-refractivity contribution in [1.82, 2.24) is 10.2 Å². The lowest BCUT2D eigenvalue weighted by Crippen LogP contribution is -1.90. The number of hydrogen-bond acceptors (Lipinski definition) is 2. The molecule has 4 aromatic carbocycles. The Morgan fingerprint density at radius 3 is 1.68 bits per heavy atom. The largest absolute Gasteiger partial charge is 0.158 e. The molecule has 0 bridgehead atoms. The van der Waals surface area contributed by atoms with Gasteiger partial charge in [-0.1, -0.05) is 97.1 Å². The molecule has 0 aliphatic heterocycles. The van der Waals surface area contributed by atoms with Gasteiger partial charge in [0.15, 0.2) is 0 Å². The number of rotatable bonds is 3. The van der Waals surface area contributed by atoms with Crippen LogP contribution < -0.4 is 0 Å². The third-order valence-corrected chi connectivity index (χ3v) is 5.04. The van der Waals surface area contributed by atoms with Gasteiger partial charge >= 0.3 is 0 Å². The highest BCUT2D eigenvalue weighted by atomic mass is 15.1. The smallest absolute Gasteiger partial charge is 0.101 e. The average Bonchev–Trinajstić information content (AvgIpc) is 2.80. The fourth-order valence-electron chi connectivity index (χ4n) is 3.55. The highest BCUT2D eigenvalue weighted by molar-refractivity contribution is 5.96. The van der Waals surface area contributed by atoms with Gasteiger partial charge in [-0.25, -0.2) is 0 Å². The van der Waals surface area contributed by atoms with Crippen molar-refractivity contribution in [2.75, 3.05) is 0 Å². The first kappa shape index (κ1) is 16.4. The summed E-state index contributed by atoms with van der Waals surface area (Å²) in [4.78, 5) is 0. The summed E-state index contributed by atoms with van der Waals surface area (Å²) in [6, 6.07) is 35.8. The predicted molar refractivity (Wildman–Crippen MR) is 116 cm³/mol. The lowest BCUT2D eigenvalue weighted by molar-refractivity contribution is 1.06. The minimum atomic E-state index is 0.912. The van der Waals surface area contributed by atoms with E-state index in [1.807, 2.05) is 18.3 Å². The van der Waals surface area contributed by atoms with E-state index in [9.17, 15) is 0 Å². The normalized spacial score (nSPS) is 10.9. The summed E-state index contributed by atoms with van der Waals surface area (Å²) < 4.78 is 0. The molecule has 132 valence electrons. The van der Waals surface area contributed by atoms with E-state index < -0.39 is 0 Å². The predicted octanol–water partition coefficient (Wildman–Crippen LogP) is 6.63. The van der Waals surface area contributed by atoms with Crippen molar-refractivity contribution in [2.45, 2.75) is 0 Å². The molecule has 0 atom stereocenters. The van der Waals surface area contributed by atoms with Gasteiger partial charge in [-0.3, -0.25) is 0 Å². The molecular weight excluding hydrogens is 340 g/mol. The first-order valence-electron chi connectivity index (χ1n) is 9.35. The maximum absolute atomic E-state index is 4.46. The molecule has 0 N–H and O–H groups in total. The van der Waals surface area contributed by atoms with Crippen molar-refractivity contribution in [2.24, 2.45) is 0 Å². The minimum Gasteiger partial charge on any atom is -0.158 e. The molecular formula is C26H18N2. The third kappa shape index (κ3) is 3.06. The van der Waals surface area contributed by atoms with Gasteiger partial charge in [0.2, 0.25) is 0 Å². The molecule has 0 aliphatic rings. The van der Waals surface area contributed by atoms with E-state index >= 15 is 0 Å². The summed E-state index contributed by atoms with van der Waals surface area (Å²) in [7, 11) is 0. The van der Waals surface area contributed by atoms with Crippen LogP contribution in [0.3, 0.4) is 0 Å². The number of nitrogens with zero attached hydrogens (tertiary/aromatic N) is 2. The second-order valence-corrected chi connectivity index (χ2v) is 6.80. The topological polar surface area (TPSA) is 25.8 Å². The van der Waals surface area contributed by atoms with Crippen LogP contribution in [0.2, 0.25) is 0 Å². The maximum Gasteiger partial charge on any atom is 0.101 e. The zero-order valence-corrected chi connectivity index (χ0v) is 15.3. The van der Waals surface area contributed by atoms with Gasteiger partial charge in [-0.2, -0.15) is 5.10 Å². The molecule has 5 rings (SSSR count). The lowest BCUT2D eigenvalue weighted by atomic mass is 9.98. The minimum absolute atomic E-state index is 0.912. The Balaban J connectivity index is 1.60. The van der Waals surface area contributed by atoms with Crippen molar-refractivity contribution < 1.29 is 0 Å². The van der Waals surface area contributed by atoms with Gasteiger partial charge in [-0.05, 0) is 28.3 Å². The van der Waals surface area contributed by atoms with Crippen molar-refractivity contribution in [3.63, 3.8) is 0 Å². The van der Waals surface area contributed by atoms with Crippen LogP contribution in [0, 0.1) is 0 Å². The second-order valence-electron chi connectivity index (χ2n) is 6.80. The number of aromatic nitrogens is 2. The van der Waals surface area contributed by atoms with E-state index in [2.05, 4.69) is 101 Å². The molecule has 2 nitrogen and oxygen atoms in total. The van der Waals surface area contributed by atoms with E-state index in [-0.39, 0.29) is 0 Å². The fourth-order valence-corrected chi connectivity index (χ4v) is 3.55. The molecule has 0 saturated carbocycles. The number of fused-ring (bicyclic) bond motifs is 1. The van der Waals surface area contributed by atoms with E-state index in [0.29, 0.717) is 0 Å². The Bertz CT molecular complexity index is 1230. The molecule has 28 heavy (non-hydrogen) atoms. The molecule has 0 saturated heterocycles. The van der Waals surface area contributed by atoms with Crippen LogP contribution in [-0.2, 0) is 0 Å². The SMILES string of the molecule is c1ccc(-c2ccc(-c3nncc4ccc(-c5ccccc5)cc34)cc2)cc1. The highest BCUT2D eigenvalue weighted by Crippen LogP contribution is 2.31. The summed E-state index contributed by atoms with van der Waals surface area (Å²) in [6.07, 6.45) is 1.83. The van der Waals surface area contributed by atoms with Crippen LogP contribution >= 0.6 is 0 Å². The Morgan fingerprint density at radius 1 is 0.464 bits per heavy atom. The van der Waals surface area contributed by atoms with Crippen LogP contribution in [0.4, 0.5) is 0 Å². The Hall–Kier alpha value is -3.78. The van der Waals surface area contributed by atoms with Crippen LogP contribution in [-0.4, -0.2) is 10.2 Å². The summed E-state index contributed by atoms with van der Waals surface area (Å²) in [6.45, 7) is 0. The van der Waals surface area contributed by atoms with Gasteiger partial charge in [0.05, 0.1) is 6.20 Å². The zero-order valence-electron chi connectivity index (χ0n) is 15.3. The van der Waals surface area contributed by atoms with Crippen molar-refractivity contribution in [1.29, 1.82) is 0 Å². The van der Waals surface area contributed by atoms with Gasteiger partial charge in [0.1, 0.15) is 5.69 Å². The summed E-state index contributed by atoms with van der Waals surface area (Å²) >= 11 is 0. The first-order valence-corrected chi connectivity index (χ1v) is 9.35. The van der Waals surface area contributed by atoms with E-state index in [1.54, 1.807) is 0 Å². The molecule has 2 heteroatoms. The van der Waals surface area contributed by atoms with Gasteiger partial charge < -0.3 is 0 Å². The number of hydrogen-bond donors (Lipinski definition) is 0. The van der Waals surface area contributed by atoms with Crippen LogP contribution in [0.15, 0.2) is 109 Å². The molecule has 1 aromatic heterocycles. The van der Waals surface area contributed by atoms with Crippen molar-refractivity contribution in [3.05, 3.63) is 109 Å². The highest BCUT2D eigenvalue weighted by Gasteiger charge is 2.09. The summed E-state index contributed by atoms with van der Waals surface area (Å²) in [5, 5.41) is 10.9. The molecule has 0 radical (unpaired) electrons. The molecule has 0 fully saturated rings. The maximum atomic E-state index is 4.46. The average molecular weight is 358 g/mol. The molecule has 0 unspecified atom stereocenters. The zero-order chi connectivity index (χ0) is 18.8. The van der Waals surface area contributed by atoms with E-state index in [4.69, 9.17) is 0 Å². The van der Waals surface area contributed by atoms with Gasteiger partial charge in [-0.15, -0.1) is 5.10 Å². The first-order chi connectivity index (χ1) is 13.9. The molecule has 0 spiro atoms. The summed E-state index contributed by atoms with van der Waals surface area (Å²) in [5.41, 5.74) is 6.78. The Labute approximate surface area is 164 Å². The second kappa shape index (κ2) is 7.09. The standard InChI is InChI=1S/C26H18N2/c1-3-7-19(8-4-1)21-11-13-22(14-12-21)26-25-17-23(20-9-5-2-6-10-20)15-16-24(25)18-27-28-26/h1-18H. The monoisotopic (exact) mass is 358 g/mol. The fraction of sp³-hybridized carbons (Fsp3) is 0. The van der Waals surface area contributed by atoms with Gasteiger partial charge in [0.25, 0.3) is 0 Å². The van der Waals surface area contributed by atoms with Gasteiger partial charge in [0, 0.05) is 16.3 Å². The van der Waals surface area contributed by atoms with E-state index in [1.165, 1.54) is 22.3 Å². The quantitative estimate of drug-likeness (QED) is 0.362. The molecule has 0 aliphatic carbocycles. The molecule has 5 aromatic rings. The Morgan fingerprint density at radius 2 is 1.00 bits per heavy atom. The van der Waals surface area contributed by atoms with Crippen LogP contribution in [0.25, 0.3) is 44.3 Å². The summed E-state index contributed by atoms with van der Waals surface area (Å²) in [5.74, 6) is 0. The lowest BCUT2D eigenvalue weighted by Gasteiger charge is -2.09. The van der Waals surface area contributed by atoms with Crippen LogP contribution in [0.5, 0.6) is 0 Å². The van der Waals surface area contributed by atoms with Crippen molar-refractivity contribution >= 4 is 10.8 Å². The molecule has 1 heterocycles. The third-order valence-electron chi connectivity index (χ3n) is 5.04. The Kier molecular flexibility index (Phi) is 4.15. The van der Waals surface area contributed by atoms with Crippen LogP contribution in [0.1, 0.15) is 0 Å². The molecule has 0 amide bonds. The van der Waals surface area contributed by atoms with Crippen molar-refractivity contribution in [3.8, 4) is 33.5 Å². The van der Waals surface area contributed by atoms with E-state index in [0.717, 1.165) is 22.0 Å².